The van der Waals surface area contributed by atoms with E-state index in [2.05, 4.69) is 4.18 Å². The molecule has 0 radical (unpaired) electrons. The minimum atomic E-state index is -3.62. The standard InChI is InChI=1S/C11H17NO4S/c1-12(8-10-6-4-3-5-7-10)9-11(13)16-17(2,14)15/h3-7,11,13H,8-9H2,1-2H3. The Morgan fingerprint density at radius 1 is 1.35 bits per heavy atom. The van der Waals surface area contributed by atoms with Gasteiger partial charge in [-0.2, -0.15) is 8.42 Å². The van der Waals surface area contributed by atoms with Crippen molar-refractivity contribution < 1.29 is 17.7 Å². The SMILES string of the molecule is CN(Cc1ccccc1)CC(O)OS(C)(=O)=O. The predicted octanol–water partition coefficient (Wildman–Crippen LogP) is 0.413. The van der Waals surface area contributed by atoms with Gasteiger partial charge in [0.2, 0.25) is 0 Å². The molecule has 1 N–H and O–H groups in total. The predicted molar refractivity (Wildman–Crippen MR) is 64.7 cm³/mol. The van der Waals surface area contributed by atoms with E-state index in [1.54, 1.807) is 11.9 Å². The van der Waals surface area contributed by atoms with Crippen LogP contribution >= 0.6 is 0 Å². The summed E-state index contributed by atoms with van der Waals surface area (Å²) in [5.41, 5.74) is 1.08. The second kappa shape index (κ2) is 6.11. The van der Waals surface area contributed by atoms with Gasteiger partial charge in [-0.25, -0.2) is 4.18 Å². The molecular formula is C11H17NO4S. The number of hydrogen-bond acceptors (Lipinski definition) is 5. The van der Waals surface area contributed by atoms with Crippen molar-refractivity contribution in [1.82, 2.24) is 4.90 Å². The van der Waals surface area contributed by atoms with Crippen molar-refractivity contribution in [3.05, 3.63) is 35.9 Å². The molecule has 0 fully saturated rings. The third-order valence-corrected chi connectivity index (χ3v) is 2.62. The number of aliphatic hydroxyl groups is 1. The van der Waals surface area contributed by atoms with Crippen molar-refractivity contribution in [3.8, 4) is 0 Å². The van der Waals surface area contributed by atoms with E-state index in [0.717, 1.165) is 11.8 Å². The summed E-state index contributed by atoms with van der Waals surface area (Å²) in [6.07, 6.45) is -0.424. The molecule has 0 saturated heterocycles. The third kappa shape index (κ3) is 6.38. The van der Waals surface area contributed by atoms with E-state index in [0.29, 0.717) is 6.54 Å². The minimum absolute atomic E-state index is 0.127. The topological polar surface area (TPSA) is 66.8 Å². The Morgan fingerprint density at radius 3 is 2.47 bits per heavy atom. The van der Waals surface area contributed by atoms with E-state index in [1.807, 2.05) is 30.3 Å². The lowest BCUT2D eigenvalue weighted by molar-refractivity contribution is -0.0324. The molecule has 0 saturated carbocycles. The summed E-state index contributed by atoms with van der Waals surface area (Å²) < 4.78 is 26.0. The van der Waals surface area contributed by atoms with Crippen LogP contribution in [0.25, 0.3) is 0 Å². The highest BCUT2D eigenvalue weighted by Gasteiger charge is 2.14. The maximum atomic E-state index is 10.8. The molecule has 0 bridgehead atoms. The van der Waals surface area contributed by atoms with Crippen LogP contribution in [0.5, 0.6) is 0 Å². The number of aliphatic hydroxyl groups excluding tert-OH is 1. The average molecular weight is 259 g/mol. The zero-order valence-electron chi connectivity index (χ0n) is 9.91. The molecule has 5 nitrogen and oxygen atoms in total. The number of rotatable bonds is 6. The Bertz CT molecular complexity index is 432. The summed E-state index contributed by atoms with van der Waals surface area (Å²) in [5, 5.41) is 9.39. The lowest BCUT2D eigenvalue weighted by atomic mass is 10.2. The van der Waals surface area contributed by atoms with Crippen LogP contribution in [0.3, 0.4) is 0 Å². The van der Waals surface area contributed by atoms with E-state index >= 15 is 0 Å². The first-order valence-electron chi connectivity index (χ1n) is 5.15. The number of benzene rings is 1. The summed E-state index contributed by atoms with van der Waals surface area (Å²) in [7, 11) is -1.84. The van der Waals surface area contributed by atoms with Gasteiger partial charge in [0.25, 0.3) is 10.1 Å². The number of nitrogens with zero attached hydrogens (tertiary/aromatic N) is 1. The number of likely N-dealkylation sites (N-methyl/N-ethyl adjacent to an activating group) is 1. The van der Waals surface area contributed by atoms with Crippen LogP contribution in [0.1, 0.15) is 5.56 Å². The van der Waals surface area contributed by atoms with E-state index in [9.17, 15) is 13.5 Å². The third-order valence-electron chi connectivity index (χ3n) is 2.05. The van der Waals surface area contributed by atoms with Gasteiger partial charge in [-0.3, -0.25) is 4.90 Å². The van der Waals surface area contributed by atoms with Crippen molar-refractivity contribution in [1.29, 1.82) is 0 Å². The van der Waals surface area contributed by atoms with Crippen LogP contribution in [0, 0.1) is 0 Å². The normalized spacial score (nSPS) is 13.9. The lowest BCUT2D eigenvalue weighted by Crippen LogP contribution is -2.31. The maximum absolute atomic E-state index is 10.8. The van der Waals surface area contributed by atoms with Gasteiger partial charge in [0, 0.05) is 6.54 Å². The highest BCUT2D eigenvalue weighted by molar-refractivity contribution is 7.86. The van der Waals surface area contributed by atoms with Gasteiger partial charge in [-0.15, -0.1) is 0 Å². The second-order valence-electron chi connectivity index (χ2n) is 3.94. The van der Waals surface area contributed by atoms with Crippen molar-refractivity contribution in [2.45, 2.75) is 12.8 Å². The van der Waals surface area contributed by atoms with E-state index < -0.39 is 16.4 Å². The quantitative estimate of drug-likeness (QED) is 0.592. The summed E-state index contributed by atoms with van der Waals surface area (Å²) in [4.78, 5) is 1.78. The summed E-state index contributed by atoms with van der Waals surface area (Å²) in [6.45, 7) is 0.743. The first kappa shape index (κ1) is 14.1. The number of hydrogen-bond donors (Lipinski definition) is 1. The first-order chi connectivity index (χ1) is 7.87. The van der Waals surface area contributed by atoms with Crippen LogP contribution in [0.15, 0.2) is 30.3 Å². The van der Waals surface area contributed by atoms with Gasteiger partial charge in [-0.05, 0) is 12.6 Å². The Balaban J connectivity index is 2.42. The highest BCUT2D eigenvalue weighted by atomic mass is 32.2. The fourth-order valence-electron chi connectivity index (χ4n) is 1.46. The molecular weight excluding hydrogens is 242 g/mol. The largest absolute Gasteiger partial charge is 0.366 e. The zero-order chi connectivity index (χ0) is 12.9. The van der Waals surface area contributed by atoms with Gasteiger partial charge in [-0.1, -0.05) is 30.3 Å². The molecule has 1 rings (SSSR count). The molecule has 1 atom stereocenters. The second-order valence-corrected chi connectivity index (χ2v) is 5.54. The smallest absolute Gasteiger partial charge is 0.266 e. The van der Waals surface area contributed by atoms with Gasteiger partial charge in [0.05, 0.1) is 12.8 Å². The molecule has 0 aliphatic rings. The van der Waals surface area contributed by atoms with Crippen LogP contribution in [-0.4, -0.2) is 44.6 Å². The molecule has 1 aromatic rings. The van der Waals surface area contributed by atoms with E-state index in [-0.39, 0.29) is 6.54 Å². The van der Waals surface area contributed by atoms with Crippen molar-refractivity contribution >= 4 is 10.1 Å². The molecule has 0 amide bonds. The van der Waals surface area contributed by atoms with Crippen molar-refractivity contribution in [3.63, 3.8) is 0 Å². The van der Waals surface area contributed by atoms with Gasteiger partial charge >= 0.3 is 0 Å². The monoisotopic (exact) mass is 259 g/mol. The fourth-order valence-corrected chi connectivity index (χ4v) is 1.92. The summed E-state index contributed by atoms with van der Waals surface area (Å²) in [5.74, 6) is 0. The Kier molecular flexibility index (Phi) is 5.07. The lowest BCUT2D eigenvalue weighted by Gasteiger charge is -2.19. The molecule has 6 heteroatoms. The molecule has 0 aromatic heterocycles. The van der Waals surface area contributed by atoms with E-state index in [4.69, 9.17) is 0 Å². The Labute approximate surface area is 102 Å². The van der Waals surface area contributed by atoms with Crippen molar-refractivity contribution in [2.24, 2.45) is 0 Å². The molecule has 0 aliphatic heterocycles. The molecule has 0 spiro atoms. The van der Waals surface area contributed by atoms with Gasteiger partial charge in [0.15, 0.2) is 6.29 Å². The molecule has 17 heavy (non-hydrogen) atoms. The maximum Gasteiger partial charge on any atom is 0.266 e. The first-order valence-corrected chi connectivity index (χ1v) is 6.97. The summed E-state index contributed by atoms with van der Waals surface area (Å²) >= 11 is 0. The van der Waals surface area contributed by atoms with Gasteiger partial charge in [0.1, 0.15) is 0 Å². The zero-order valence-corrected chi connectivity index (χ0v) is 10.7. The van der Waals surface area contributed by atoms with Crippen LogP contribution < -0.4 is 0 Å². The Hall–Kier alpha value is -0.950. The van der Waals surface area contributed by atoms with Crippen LogP contribution in [0.2, 0.25) is 0 Å². The minimum Gasteiger partial charge on any atom is -0.366 e. The average Bonchev–Trinajstić information content (AvgIpc) is 2.15. The fraction of sp³-hybridized carbons (Fsp3) is 0.455. The summed E-state index contributed by atoms with van der Waals surface area (Å²) in [6, 6.07) is 9.69. The molecule has 0 heterocycles. The van der Waals surface area contributed by atoms with Crippen LogP contribution in [0.4, 0.5) is 0 Å². The Morgan fingerprint density at radius 2 is 1.94 bits per heavy atom. The van der Waals surface area contributed by atoms with Crippen LogP contribution in [-0.2, 0) is 20.8 Å². The van der Waals surface area contributed by atoms with Gasteiger partial charge < -0.3 is 5.11 Å². The van der Waals surface area contributed by atoms with Crippen molar-refractivity contribution in [2.75, 3.05) is 19.8 Å². The highest BCUT2D eigenvalue weighted by Crippen LogP contribution is 2.04. The molecule has 1 unspecified atom stereocenters. The molecule has 96 valence electrons. The molecule has 0 aliphatic carbocycles. The molecule has 1 aromatic carbocycles. The van der Waals surface area contributed by atoms with E-state index in [1.165, 1.54) is 0 Å².